The van der Waals surface area contributed by atoms with Gasteiger partial charge in [0.05, 0.1) is 23.3 Å². The number of hydrogen-bond donors (Lipinski definition) is 1. The molecule has 0 fully saturated rings. The van der Waals surface area contributed by atoms with Crippen molar-refractivity contribution in [1.82, 2.24) is 0 Å². The SMILES string of the molecule is CCCC(=O)N1c2ccccc2NC2=CCCC(=O)[C@H]2[C@@H]1c1ccc(SC)cc1. The summed E-state index contributed by atoms with van der Waals surface area (Å²) < 4.78 is 0. The number of rotatable bonds is 4. The highest BCUT2D eigenvalue weighted by atomic mass is 32.2. The van der Waals surface area contributed by atoms with Gasteiger partial charge in [-0.1, -0.05) is 37.3 Å². The lowest BCUT2D eigenvalue weighted by Crippen LogP contribution is -2.41. The fourth-order valence-electron chi connectivity index (χ4n) is 4.31. The smallest absolute Gasteiger partial charge is 0.227 e. The standard InChI is InChI=1S/C24H26N2O2S/c1-3-7-22(28)26-20-10-5-4-8-18(20)25-19-9-6-11-21(27)23(19)24(26)16-12-14-17(29-2)15-13-16/h4-5,8-10,12-15,23-25H,3,6-7,11H2,1-2H3/t23-,24-/m0/s1. The first-order valence-electron chi connectivity index (χ1n) is 10.2. The van der Waals surface area contributed by atoms with Gasteiger partial charge >= 0.3 is 0 Å². The number of carbonyl (C=O) groups is 2. The van der Waals surface area contributed by atoms with E-state index >= 15 is 0 Å². The molecule has 1 heterocycles. The van der Waals surface area contributed by atoms with Crippen LogP contribution in [-0.4, -0.2) is 17.9 Å². The highest BCUT2D eigenvalue weighted by Crippen LogP contribution is 2.46. The zero-order valence-corrected chi connectivity index (χ0v) is 17.7. The van der Waals surface area contributed by atoms with Gasteiger partial charge in [-0.2, -0.15) is 0 Å². The quantitative estimate of drug-likeness (QED) is 0.674. The summed E-state index contributed by atoms with van der Waals surface area (Å²) in [5.74, 6) is -0.131. The summed E-state index contributed by atoms with van der Waals surface area (Å²) in [6.07, 6.45) is 6.64. The van der Waals surface area contributed by atoms with E-state index in [-0.39, 0.29) is 23.7 Å². The second-order valence-corrected chi connectivity index (χ2v) is 8.40. The van der Waals surface area contributed by atoms with Crippen molar-refractivity contribution in [3.63, 3.8) is 0 Å². The molecule has 0 saturated carbocycles. The summed E-state index contributed by atoms with van der Waals surface area (Å²) in [6, 6.07) is 15.8. The predicted molar refractivity (Wildman–Crippen MR) is 119 cm³/mol. The third-order valence-corrected chi connectivity index (χ3v) is 6.41. The molecule has 1 N–H and O–H groups in total. The number of amides is 1. The summed E-state index contributed by atoms with van der Waals surface area (Å²) in [6.45, 7) is 2.01. The summed E-state index contributed by atoms with van der Waals surface area (Å²) in [4.78, 5) is 29.5. The summed E-state index contributed by atoms with van der Waals surface area (Å²) in [5.41, 5.74) is 3.63. The highest BCUT2D eigenvalue weighted by Gasteiger charge is 2.43. The van der Waals surface area contributed by atoms with Crippen LogP contribution in [0.2, 0.25) is 0 Å². The molecule has 0 spiro atoms. The van der Waals surface area contributed by atoms with E-state index in [4.69, 9.17) is 0 Å². The molecule has 2 aromatic rings. The van der Waals surface area contributed by atoms with Gasteiger partial charge in [0, 0.05) is 23.4 Å². The number of ketones is 1. The van der Waals surface area contributed by atoms with E-state index in [0.717, 1.165) is 40.4 Å². The van der Waals surface area contributed by atoms with E-state index in [1.807, 2.05) is 42.3 Å². The van der Waals surface area contributed by atoms with Crippen molar-refractivity contribution in [1.29, 1.82) is 0 Å². The average Bonchev–Trinajstić information content (AvgIpc) is 2.89. The van der Waals surface area contributed by atoms with Crippen LogP contribution < -0.4 is 10.2 Å². The number of nitrogens with one attached hydrogen (secondary N) is 1. The molecule has 0 saturated heterocycles. The molecule has 1 aliphatic carbocycles. The minimum absolute atomic E-state index is 0.0558. The van der Waals surface area contributed by atoms with Crippen LogP contribution in [0.5, 0.6) is 0 Å². The van der Waals surface area contributed by atoms with Gasteiger partial charge in [-0.3, -0.25) is 9.59 Å². The van der Waals surface area contributed by atoms with Crippen molar-refractivity contribution in [2.45, 2.75) is 43.5 Å². The normalized spacial score (nSPS) is 20.8. The summed E-state index contributed by atoms with van der Waals surface area (Å²) in [5, 5.41) is 3.48. The first kappa shape index (κ1) is 19.8. The second kappa shape index (κ2) is 8.46. The molecule has 0 aromatic heterocycles. The Balaban J connectivity index is 1.93. The Morgan fingerprint density at radius 3 is 2.66 bits per heavy atom. The molecular formula is C24H26N2O2S. The van der Waals surface area contributed by atoms with Gasteiger partial charge in [0.25, 0.3) is 0 Å². The molecule has 2 aliphatic rings. The number of fused-ring (bicyclic) bond motifs is 2. The lowest BCUT2D eigenvalue weighted by molar-refractivity contribution is -0.123. The second-order valence-electron chi connectivity index (χ2n) is 7.52. The van der Waals surface area contributed by atoms with Crippen LogP contribution in [0, 0.1) is 5.92 Å². The number of hydrogen-bond acceptors (Lipinski definition) is 4. The monoisotopic (exact) mass is 406 g/mol. The Bertz CT molecular complexity index is 952. The molecule has 4 nitrogen and oxygen atoms in total. The molecule has 1 aliphatic heterocycles. The van der Waals surface area contributed by atoms with E-state index in [9.17, 15) is 9.59 Å². The van der Waals surface area contributed by atoms with Crippen molar-refractivity contribution in [3.05, 3.63) is 65.9 Å². The van der Waals surface area contributed by atoms with Crippen LogP contribution in [0.4, 0.5) is 11.4 Å². The number of Topliss-reactive ketones (excluding diaryl/α,β-unsaturated/α-hetero) is 1. The van der Waals surface area contributed by atoms with E-state index in [0.29, 0.717) is 12.8 Å². The molecule has 5 heteroatoms. The Morgan fingerprint density at radius 2 is 1.93 bits per heavy atom. The van der Waals surface area contributed by atoms with Gasteiger partial charge in [-0.05, 0) is 48.9 Å². The molecule has 0 radical (unpaired) electrons. The van der Waals surface area contributed by atoms with Crippen LogP contribution in [0.3, 0.4) is 0 Å². The molecule has 150 valence electrons. The number of allylic oxidation sites excluding steroid dienone is 1. The van der Waals surface area contributed by atoms with Gasteiger partial charge in [0.2, 0.25) is 5.91 Å². The Kier molecular flexibility index (Phi) is 5.76. The first-order chi connectivity index (χ1) is 14.1. The van der Waals surface area contributed by atoms with Gasteiger partial charge in [-0.15, -0.1) is 11.8 Å². The number of carbonyl (C=O) groups excluding carboxylic acids is 2. The molecule has 0 bridgehead atoms. The lowest BCUT2D eigenvalue weighted by atomic mass is 9.81. The van der Waals surface area contributed by atoms with Crippen molar-refractivity contribution < 1.29 is 9.59 Å². The van der Waals surface area contributed by atoms with E-state index in [1.54, 1.807) is 11.8 Å². The number of nitrogens with zero attached hydrogens (tertiary/aromatic N) is 1. The maximum atomic E-state index is 13.4. The van der Waals surface area contributed by atoms with Crippen molar-refractivity contribution in [2.24, 2.45) is 5.92 Å². The van der Waals surface area contributed by atoms with Crippen LogP contribution in [0.25, 0.3) is 0 Å². The van der Waals surface area contributed by atoms with Crippen LogP contribution in [0.1, 0.15) is 44.2 Å². The van der Waals surface area contributed by atoms with Gasteiger partial charge in [0.15, 0.2) is 0 Å². The molecule has 0 unspecified atom stereocenters. The minimum atomic E-state index is -0.378. The molecule has 29 heavy (non-hydrogen) atoms. The van der Waals surface area contributed by atoms with E-state index in [2.05, 4.69) is 35.7 Å². The number of benzene rings is 2. The lowest BCUT2D eigenvalue weighted by Gasteiger charge is -2.36. The molecule has 4 rings (SSSR count). The van der Waals surface area contributed by atoms with E-state index in [1.165, 1.54) is 0 Å². The maximum Gasteiger partial charge on any atom is 0.227 e. The molecular weight excluding hydrogens is 380 g/mol. The Labute approximate surface area is 176 Å². The summed E-state index contributed by atoms with van der Waals surface area (Å²) >= 11 is 1.68. The average molecular weight is 407 g/mol. The zero-order chi connectivity index (χ0) is 20.4. The molecule has 2 atom stereocenters. The van der Waals surface area contributed by atoms with Gasteiger partial charge in [0.1, 0.15) is 5.78 Å². The van der Waals surface area contributed by atoms with E-state index < -0.39 is 0 Å². The van der Waals surface area contributed by atoms with Crippen molar-refractivity contribution >= 4 is 34.8 Å². The third-order valence-electron chi connectivity index (χ3n) is 5.66. The minimum Gasteiger partial charge on any atom is -0.357 e. The topological polar surface area (TPSA) is 49.4 Å². The molecule has 2 aromatic carbocycles. The Morgan fingerprint density at radius 1 is 1.17 bits per heavy atom. The number of thioether (sulfide) groups is 1. The van der Waals surface area contributed by atoms with Crippen LogP contribution in [0.15, 0.2) is 65.2 Å². The van der Waals surface area contributed by atoms with Gasteiger partial charge < -0.3 is 10.2 Å². The predicted octanol–water partition coefficient (Wildman–Crippen LogP) is 5.57. The fourth-order valence-corrected chi connectivity index (χ4v) is 4.72. The Hall–Kier alpha value is -2.53. The number of para-hydroxylation sites is 2. The fraction of sp³-hybridized carbons (Fsp3) is 0.333. The first-order valence-corrected chi connectivity index (χ1v) is 11.4. The van der Waals surface area contributed by atoms with Crippen LogP contribution >= 0.6 is 11.8 Å². The molecule has 1 amide bonds. The maximum absolute atomic E-state index is 13.4. The van der Waals surface area contributed by atoms with Crippen LogP contribution in [-0.2, 0) is 9.59 Å². The van der Waals surface area contributed by atoms with Crippen molar-refractivity contribution in [2.75, 3.05) is 16.5 Å². The number of anilines is 2. The third kappa shape index (κ3) is 3.71. The zero-order valence-electron chi connectivity index (χ0n) is 16.9. The van der Waals surface area contributed by atoms with Gasteiger partial charge in [-0.25, -0.2) is 0 Å². The largest absolute Gasteiger partial charge is 0.357 e. The summed E-state index contributed by atoms with van der Waals surface area (Å²) in [7, 11) is 0. The highest BCUT2D eigenvalue weighted by molar-refractivity contribution is 7.98. The van der Waals surface area contributed by atoms with Crippen molar-refractivity contribution in [3.8, 4) is 0 Å².